The Labute approximate surface area is 428 Å². The molecule has 30 heteroatoms. The fraction of sp³-hybridized carbons (Fsp3) is 0.953. The highest BCUT2D eigenvalue weighted by Gasteiger charge is 2.55. The van der Waals surface area contributed by atoms with Crippen molar-refractivity contribution in [3.8, 4) is 0 Å². The van der Waals surface area contributed by atoms with E-state index >= 15 is 0 Å². The number of hydrogen-bond donors (Lipinski definition) is 18. The SMILES string of the molecule is CO[C@@H]1C(CSCCOCCS[C@@H]2OC(CO)[C@@H](O[C@H]3OC(CO)[C@@H](O[C@H]4OC(C)[C@@H](N[C@H]5C=C(CO)[C@@H](O)[C@H](O)C5O)C(O)[C@@H]4O)[C@H](O)C3O)[C@H](O)C2O)O[C@H](O[C@@H]2C(CO)O[C@H](C)C(O)[C@H]2O)C(O)[C@H]1O. The molecule has 0 aromatic rings. The fourth-order valence-electron chi connectivity index (χ4n) is 9.62. The zero-order valence-electron chi connectivity index (χ0n) is 40.2. The van der Waals surface area contributed by atoms with Gasteiger partial charge in [-0.1, -0.05) is 6.08 Å². The van der Waals surface area contributed by atoms with Crippen LogP contribution in [-0.2, 0) is 47.4 Å². The van der Waals surface area contributed by atoms with Gasteiger partial charge in [-0.05, 0) is 19.4 Å². The topological polar surface area (TPSA) is 448 Å². The van der Waals surface area contributed by atoms with Crippen molar-refractivity contribution in [2.75, 3.05) is 64.0 Å². The highest BCUT2D eigenvalue weighted by Crippen LogP contribution is 2.36. The number of nitrogens with one attached hydrogen (secondary N) is 1. The van der Waals surface area contributed by atoms with Crippen molar-refractivity contribution >= 4 is 23.5 Å². The van der Waals surface area contributed by atoms with Gasteiger partial charge in [0.05, 0.1) is 70.0 Å². The molecule has 426 valence electrons. The molecule has 0 radical (unpaired) electrons. The number of rotatable bonds is 22. The summed E-state index contributed by atoms with van der Waals surface area (Å²) < 4.78 is 57.3. The minimum Gasteiger partial charge on any atom is -0.394 e. The molecule has 0 amide bonds. The highest BCUT2D eigenvalue weighted by molar-refractivity contribution is 7.99. The summed E-state index contributed by atoms with van der Waals surface area (Å²) in [6, 6.07) is -2.24. The summed E-state index contributed by atoms with van der Waals surface area (Å²) in [5.41, 5.74) is -1.09. The van der Waals surface area contributed by atoms with E-state index in [1.807, 2.05) is 0 Å². The molecule has 1 aliphatic carbocycles. The first-order valence-electron chi connectivity index (χ1n) is 24.0. The molecule has 11 unspecified atom stereocenters. The Morgan fingerprint density at radius 1 is 0.507 bits per heavy atom. The average molecular weight is 1100 g/mol. The van der Waals surface area contributed by atoms with Gasteiger partial charge in [0.15, 0.2) is 18.9 Å². The molecule has 6 aliphatic rings. The van der Waals surface area contributed by atoms with Crippen LogP contribution in [0.3, 0.4) is 0 Å². The van der Waals surface area contributed by atoms with Crippen molar-refractivity contribution < 1.29 is 134 Å². The van der Waals surface area contributed by atoms with E-state index in [9.17, 15) is 86.8 Å². The van der Waals surface area contributed by atoms with E-state index in [4.69, 9.17) is 47.4 Å². The second-order valence-corrected chi connectivity index (χ2v) is 21.1. The summed E-state index contributed by atoms with van der Waals surface area (Å²) in [5.74, 6) is 0.905. The van der Waals surface area contributed by atoms with Crippen molar-refractivity contribution in [2.24, 2.45) is 0 Å². The van der Waals surface area contributed by atoms with Crippen LogP contribution in [0.2, 0.25) is 0 Å². The van der Waals surface area contributed by atoms with Gasteiger partial charge < -0.3 is 139 Å². The zero-order chi connectivity index (χ0) is 53.6. The molecule has 5 heterocycles. The van der Waals surface area contributed by atoms with Crippen LogP contribution in [0.1, 0.15) is 13.8 Å². The Hall–Kier alpha value is -0.680. The Morgan fingerprint density at radius 3 is 1.58 bits per heavy atom. The third kappa shape index (κ3) is 14.0. The van der Waals surface area contributed by atoms with Crippen LogP contribution in [0.4, 0.5) is 0 Å². The van der Waals surface area contributed by atoms with Crippen molar-refractivity contribution in [1.29, 1.82) is 0 Å². The molecule has 29 atom stereocenters. The Kier molecular flexibility index (Phi) is 23.6. The Bertz CT molecular complexity index is 1680. The molecule has 0 aromatic heterocycles. The highest BCUT2D eigenvalue weighted by atomic mass is 32.2. The quantitative estimate of drug-likeness (QED) is 0.0354. The second kappa shape index (κ2) is 28.0. The van der Waals surface area contributed by atoms with E-state index < -0.39 is 203 Å². The maximum absolute atomic E-state index is 11.2. The second-order valence-electron chi connectivity index (χ2n) is 18.8. The molecule has 5 fully saturated rings. The lowest BCUT2D eigenvalue weighted by Crippen LogP contribution is -2.68. The van der Waals surface area contributed by atoms with E-state index in [2.05, 4.69) is 5.32 Å². The number of aliphatic hydroxyl groups excluding tert-OH is 17. The van der Waals surface area contributed by atoms with Gasteiger partial charge in [-0.25, -0.2) is 0 Å². The molecule has 0 aromatic carbocycles. The minimum atomic E-state index is -1.97. The molecule has 18 N–H and O–H groups in total. The number of methoxy groups -OCH3 is 1. The first-order valence-corrected chi connectivity index (χ1v) is 26.2. The third-order valence-corrected chi connectivity index (χ3v) is 16.1. The van der Waals surface area contributed by atoms with Gasteiger partial charge in [0, 0.05) is 24.4 Å². The van der Waals surface area contributed by atoms with Gasteiger partial charge in [-0.3, -0.25) is 0 Å². The lowest BCUT2D eigenvalue weighted by Gasteiger charge is -2.49. The molecule has 6 rings (SSSR count). The van der Waals surface area contributed by atoms with Crippen molar-refractivity contribution in [3.63, 3.8) is 0 Å². The van der Waals surface area contributed by atoms with Crippen molar-refractivity contribution in [3.05, 3.63) is 11.6 Å². The van der Waals surface area contributed by atoms with E-state index in [0.29, 0.717) is 5.75 Å². The summed E-state index contributed by atoms with van der Waals surface area (Å²) in [6.45, 7) is 0.562. The van der Waals surface area contributed by atoms with E-state index in [-0.39, 0.29) is 30.3 Å². The molecule has 28 nitrogen and oxygen atoms in total. The van der Waals surface area contributed by atoms with Gasteiger partial charge in [0.2, 0.25) is 0 Å². The monoisotopic (exact) mass is 1100 g/mol. The maximum atomic E-state index is 11.2. The molecule has 73 heavy (non-hydrogen) atoms. The molecule has 0 spiro atoms. The molecule has 0 bridgehead atoms. The van der Waals surface area contributed by atoms with E-state index in [1.54, 1.807) is 0 Å². The van der Waals surface area contributed by atoms with Gasteiger partial charge >= 0.3 is 0 Å². The smallest absolute Gasteiger partial charge is 0.187 e. The number of hydrogen-bond acceptors (Lipinski definition) is 30. The first-order chi connectivity index (χ1) is 34.7. The Morgan fingerprint density at radius 2 is 1.00 bits per heavy atom. The number of ether oxygens (including phenoxy) is 10. The van der Waals surface area contributed by atoms with Crippen molar-refractivity contribution in [1.82, 2.24) is 5.32 Å². The van der Waals surface area contributed by atoms with Crippen LogP contribution >= 0.6 is 23.5 Å². The van der Waals surface area contributed by atoms with E-state index in [0.717, 1.165) is 11.8 Å². The summed E-state index contributed by atoms with van der Waals surface area (Å²) in [7, 11) is 1.33. The summed E-state index contributed by atoms with van der Waals surface area (Å²) >= 11 is 2.42. The van der Waals surface area contributed by atoms with E-state index in [1.165, 1.54) is 38.8 Å². The third-order valence-electron chi connectivity index (χ3n) is 13.9. The van der Waals surface area contributed by atoms with Gasteiger partial charge in [0.1, 0.15) is 128 Å². The molecule has 5 saturated heterocycles. The van der Waals surface area contributed by atoms with Crippen LogP contribution in [0.15, 0.2) is 11.6 Å². The summed E-state index contributed by atoms with van der Waals surface area (Å²) in [5, 5.41) is 183. The standard InChI is InChI=1S/C43H75NO27S2/c1-14-22(44-17-8-16(9-45)24(50)27(53)25(17)51)26(52)32(58)40(65-14)69-38-19(11-47)66-41(34(60)30(38)56)71-39-20(12-48)68-43(35(61)31(39)57)73-7-5-63-4-6-72-13-21-36(62-3)29(55)33(59)42(67-21)70-37-18(10-46)64-15(2)23(49)28(37)54/h8,14-15,17-61H,4-7,9-13H2,1-3H3/t14?,15-,17+,18?,19?,20?,21?,22-,23?,24-,25?,26?,27+,28-,29-,30-,31-,32+,33?,34?,35?,36-,37-,38-,39-,40-,41-,42-,43+/m1/s1. The predicted octanol–water partition coefficient (Wildman–Crippen LogP) is -9.73. The fourth-order valence-corrected chi connectivity index (χ4v) is 11.5. The van der Waals surface area contributed by atoms with Crippen LogP contribution in [0, 0.1) is 0 Å². The molecular formula is C43H75NO27S2. The van der Waals surface area contributed by atoms with Crippen LogP contribution in [0.25, 0.3) is 0 Å². The zero-order valence-corrected chi connectivity index (χ0v) is 41.8. The average Bonchev–Trinajstić information content (AvgIpc) is 3.37. The van der Waals surface area contributed by atoms with Crippen molar-refractivity contribution in [2.45, 2.75) is 191 Å². The summed E-state index contributed by atoms with van der Waals surface area (Å²) in [4.78, 5) is 0. The number of aliphatic hydroxyl groups is 17. The molecular weight excluding hydrogens is 1030 g/mol. The minimum absolute atomic E-state index is 0.00572. The van der Waals surface area contributed by atoms with Gasteiger partial charge in [-0.2, -0.15) is 11.8 Å². The normalized spacial score (nSPS) is 48.9. The molecule has 0 saturated carbocycles. The van der Waals surface area contributed by atoms with Crippen LogP contribution in [-0.4, -0.2) is 328 Å². The maximum Gasteiger partial charge on any atom is 0.187 e. The largest absolute Gasteiger partial charge is 0.394 e. The predicted molar refractivity (Wildman–Crippen MR) is 246 cm³/mol. The van der Waals surface area contributed by atoms with Crippen LogP contribution in [0.5, 0.6) is 0 Å². The first kappa shape index (κ1) is 61.5. The number of thioether (sulfide) groups is 2. The van der Waals surface area contributed by atoms with Crippen LogP contribution < -0.4 is 5.32 Å². The Balaban J connectivity index is 0.932. The lowest BCUT2D eigenvalue weighted by molar-refractivity contribution is -0.366. The lowest BCUT2D eigenvalue weighted by atomic mass is 9.86. The molecule has 5 aliphatic heterocycles. The van der Waals surface area contributed by atoms with Gasteiger partial charge in [-0.15, -0.1) is 11.8 Å². The van der Waals surface area contributed by atoms with Gasteiger partial charge in [0.25, 0.3) is 0 Å². The summed E-state index contributed by atoms with van der Waals surface area (Å²) in [6.07, 6.45) is -37.1.